The number of fused-ring (bicyclic) bond motifs is 1. The van der Waals surface area contributed by atoms with Gasteiger partial charge in [-0.1, -0.05) is 23.9 Å². The van der Waals surface area contributed by atoms with E-state index in [0.717, 1.165) is 23.9 Å². The van der Waals surface area contributed by atoms with Gasteiger partial charge in [-0.3, -0.25) is 4.79 Å². The Morgan fingerprint density at radius 2 is 2.30 bits per heavy atom. The molecule has 5 nitrogen and oxygen atoms in total. The summed E-state index contributed by atoms with van der Waals surface area (Å²) in [6, 6.07) is 7.56. The molecule has 0 bridgehead atoms. The maximum absolute atomic E-state index is 11.9. The highest BCUT2D eigenvalue weighted by Gasteiger charge is 2.49. The number of nitrogens with zero attached hydrogens (tertiary/aromatic N) is 1. The predicted octanol–water partition coefficient (Wildman–Crippen LogP) is 2.20. The summed E-state index contributed by atoms with van der Waals surface area (Å²) in [5.41, 5.74) is 6.84. The molecule has 1 heterocycles. The van der Waals surface area contributed by atoms with Crippen LogP contribution in [0.1, 0.15) is 12.8 Å². The van der Waals surface area contributed by atoms with Crippen LogP contribution in [0.2, 0.25) is 0 Å². The third-order valence-electron chi connectivity index (χ3n) is 3.58. The highest BCUT2D eigenvalue weighted by Crippen LogP contribution is 2.41. The molecule has 1 aliphatic rings. The molecule has 106 valence electrons. The fourth-order valence-electron chi connectivity index (χ4n) is 2.23. The molecule has 6 heteroatoms. The van der Waals surface area contributed by atoms with Crippen molar-refractivity contribution in [1.29, 1.82) is 0 Å². The Morgan fingerprint density at radius 1 is 1.55 bits per heavy atom. The zero-order chi connectivity index (χ0) is 14.2. The lowest BCUT2D eigenvalue weighted by atomic mass is 9.97. The predicted molar refractivity (Wildman–Crippen MR) is 76.4 cm³/mol. The second-order valence-electron chi connectivity index (χ2n) is 5.04. The first-order chi connectivity index (χ1) is 9.63. The third-order valence-corrected chi connectivity index (χ3v) is 4.62. The number of rotatable bonds is 5. The number of hydrogen-bond donors (Lipinski definition) is 1. The molecule has 2 aromatic rings. The van der Waals surface area contributed by atoms with Gasteiger partial charge in [-0.25, -0.2) is 4.98 Å². The Bertz CT molecular complexity index is 605. The minimum atomic E-state index is -0.944. The number of aromatic nitrogens is 1. The van der Waals surface area contributed by atoms with Crippen molar-refractivity contribution in [2.24, 2.45) is 11.7 Å². The smallest absolute Gasteiger partial charge is 0.327 e. The highest BCUT2D eigenvalue weighted by molar-refractivity contribution is 7.99. The van der Waals surface area contributed by atoms with Crippen molar-refractivity contribution in [2.45, 2.75) is 23.6 Å². The van der Waals surface area contributed by atoms with Crippen LogP contribution in [0.15, 0.2) is 33.9 Å². The molecule has 0 amide bonds. The van der Waals surface area contributed by atoms with Gasteiger partial charge in [0.1, 0.15) is 11.1 Å². The minimum absolute atomic E-state index is 0.201. The number of nitrogens with two attached hydrogens (primary N) is 1. The topological polar surface area (TPSA) is 78.4 Å². The molecule has 1 saturated carbocycles. The van der Waals surface area contributed by atoms with Crippen LogP contribution in [-0.2, 0) is 9.53 Å². The van der Waals surface area contributed by atoms with Crippen LogP contribution in [0.3, 0.4) is 0 Å². The lowest BCUT2D eigenvalue weighted by Crippen LogP contribution is -2.53. The van der Waals surface area contributed by atoms with Gasteiger partial charge in [0.15, 0.2) is 5.58 Å². The van der Waals surface area contributed by atoms with Crippen LogP contribution in [0, 0.1) is 5.92 Å². The van der Waals surface area contributed by atoms with E-state index in [0.29, 0.717) is 11.0 Å². The zero-order valence-corrected chi connectivity index (χ0v) is 12.0. The van der Waals surface area contributed by atoms with Crippen LogP contribution < -0.4 is 5.73 Å². The van der Waals surface area contributed by atoms with Crippen molar-refractivity contribution in [3.8, 4) is 0 Å². The molecule has 3 rings (SSSR count). The summed E-state index contributed by atoms with van der Waals surface area (Å²) in [7, 11) is 1.37. The number of methoxy groups -OCH3 is 1. The summed E-state index contributed by atoms with van der Waals surface area (Å²) in [6.45, 7) is 0. The fourth-order valence-corrected chi connectivity index (χ4v) is 3.25. The molecule has 0 spiro atoms. The van der Waals surface area contributed by atoms with E-state index in [9.17, 15) is 4.79 Å². The average molecular weight is 292 g/mol. The number of hydrogen-bond acceptors (Lipinski definition) is 6. The molecule has 2 N–H and O–H groups in total. The first-order valence-corrected chi connectivity index (χ1v) is 7.48. The van der Waals surface area contributed by atoms with E-state index in [-0.39, 0.29) is 11.9 Å². The standard InChI is InChI=1S/C14H16N2O3S/c1-18-12(17)14(15,9-6-7-9)8-20-13-16-10-4-2-3-5-11(10)19-13/h2-5,9H,6-8,15H2,1H3. The number of para-hydroxylation sites is 2. The van der Waals surface area contributed by atoms with Gasteiger partial charge >= 0.3 is 5.97 Å². The van der Waals surface area contributed by atoms with Crippen molar-refractivity contribution in [3.05, 3.63) is 24.3 Å². The van der Waals surface area contributed by atoms with Gasteiger partial charge in [-0.15, -0.1) is 0 Å². The first-order valence-electron chi connectivity index (χ1n) is 6.49. The van der Waals surface area contributed by atoms with E-state index < -0.39 is 5.54 Å². The molecular weight excluding hydrogens is 276 g/mol. The molecule has 1 aromatic heterocycles. The van der Waals surface area contributed by atoms with E-state index >= 15 is 0 Å². The van der Waals surface area contributed by atoms with E-state index in [1.807, 2.05) is 24.3 Å². The summed E-state index contributed by atoms with van der Waals surface area (Å²) in [4.78, 5) is 16.3. The largest absolute Gasteiger partial charge is 0.468 e. The van der Waals surface area contributed by atoms with Gasteiger partial charge < -0.3 is 14.9 Å². The fraction of sp³-hybridized carbons (Fsp3) is 0.429. The monoisotopic (exact) mass is 292 g/mol. The molecule has 20 heavy (non-hydrogen) atoms. The maximum Gasteiger partial charge on any atom is 0.327 e. The molecule has 1 aromatic carbocycles. The molecule has 1 aliphatic carbocycles. The van der Waals surface area contributed by atoms with Gasteiger partial charge in [0.2, 0.25) is 0 Å². The summed E-state index contributed by atoms with van der Waals surface area (Å²) >= 11 is 1.36. The molecule has 1 atom stereocenters. The Kier molecular flexibility index (Phi) is 3.43. The molecule has 0 saturated heterocycles. The summed E-state index contributed by atoms with van der Waals surface area (Å²) < 4.78 is 10.5. The van der Waals surface area contributed by atoms with Crippen molar-refractivity contribution in [3.63, 3.8) is 0 Å². The van der Waals surface area contributed by atoms with Crippen LogP contribution in [0.4, 0.5) is 0 Å². The van der Waals surface area contributed by atoms with Crippen LogP contribution in [-0.4, -0.2) is 29.4 Å². The molecule has 0 radical (unpaired) electrons. The molecular formula is C14H16N2O3S. The second kappa shape index (κ2) is 5.10. The number of carbonyl (C=O) groups excluding carboxylic acids is 1. The molecule has 1 fully saturated rings. The van der Waals surface area contributed by atoms with E-state index in [1.54, 1.807) is 0 Å². The average Bonchev–Trinajstić information content (AvgIpc) is 3.24. The lowest BCUT2D eigenvalue weighted by molar-refractivity contribution is -0.146. The number of thioether (sulfide) groups is 1. The summed E-state index contributed by atoms with van der Waals surface area (Å²) in [6.07, 6.45) is 1.94. The Morgan fingerprint density at radius 3 is 2.95 bits per heavy atom. The minimum Gasteiger partial charge on any atom is -0.468 e. The van der Waals surface area contributed by atoms with Crippen molar-refractivity contribution < 1.29 is 13.9 Å². The Balaban J connectivity index is 1.75. The van der Waals surface area contributed by atoms with E-state index in [4.69, 9.17) is 14.9 Å². The summed E-state index contributed by atoms with van der Waals surface area (Å²) in [5.74, 6) is 0.257. The number of esters is 1. The van der Waals surface area contributed by atoms with Gasteiger partial charge in [0.05, 0.1) is 7.11 Å². The Hall–Kier alpha value is -1.53. The van der Waals surface area contributed by atoms with Crippen molar-refractivity contribution in [2.75, 3.05) is 12.9 Å². The van der Waals surface area contributed by atoms with E-state index in [1.165, 1.54) is 18.9 Å². The van der Waals surface area contributed by atoms with Crippen molar-refractivity contribution >= 4 is 28.8 Å². The van der Waals surface area contributed by atoms with Crippen LogP contribution in [0.25, 0.3) is 11.1 Å². The SMILES string of the molecule is COC(=O)C(N)(CSc1nc2ccccc2o1)C1CC1. The lowest BCUT2D eigenvalue weighted by Gasteiger charge is -2.25. The van der Waals surface area contributed by atoms with E-state index in [2.05, 4.69) is 4.98 Å². The van der Waals surface area contributed by atoms with Gasteiger partial charge in [-0.2, -0.15) is 0 Å². The third kappa shape index (κ3) is 2.41. The number of carbonyl (C=O) groups is 1. The summed E-state index contributed by atoms with van der Waals surface area (Å²) in [5, 5.41) is 0.533. The first kappa shape index (κ1) is 13.5. The van der Waals surface area contributed by atoms with Gasteiger partial charge in [0, 0.05) is 5.75 Å². The van der Waals surface area contributed by atoms with Gasteiger partial charge in [0.25, 0.3) is 5.22 Å². The molecule has 0 aliphatic heterocycles. The number of ether oxygens (including phenoxy) is 1. The second-order valence-corrected chi connectivity index (χ2v) is 5.97. The van der Waals surface area contributed by atoms with Crippen LogP contribution in [0.5, 0.6) is 0 Å². The van der Waals surface area contributed by atoms with Crippen LogP contribution >= 0.6 is 11.8 Å². The number of benzene rings is 1. The normalized spacial score (nSPS) is 17.9. The Labute approximate surface area is 120 Å². The quantitative estimate of drug-likeness (QED) is 0.672. The van der Waals surface area contributed by atoms with Gasteiger partial charge in [-0.05, 0) is 30.9 Å². The highest BCUT2D eigenvalue weighted by atomic mass is 32.2. The molecule has 1 unspecified atom stereocenters. The van der Waals surface area contributed by atoms with Crippen molar-refractivity contribution in [1.82, 2.24) is 4.98 Å². The zero-order valence-electron chi connectivity index (χ0n) is 11.2. The maximum atomic E-state index is 11.9. The number of oxazole rings is 1.